The van der Waals surface area contributed by atoms with Gasteiger partial charge in [0.05, 0.1) is 15.0 Å². The van der Waals surface area contributed by atoms with Crippen molar-refractivity contribution in [2.75, 3.05) is 13.6 Å². The van der Waals surface area contributed by atoms with Gasteiger partial charge in [-0.15, -0.1) is 0 Å². The van der Waals surface area contributed by atoms with E-state index in [1.165, 1.54) is 0 Å². The number of hydrogen-bond acceptors (Lipinski definition) is 3. The number of nitrogens with zero attached hydrogens (tertiary/aromatic N) is 1. The van der Waals surface area contributed by atoms with Gasteiger partial charge < -0.3 is 10.4 Å². The van der Waals surface area contributed by atoms with Crippen LogP contribution in [0.25, 0.3) is 0 Å². The van der Waals surface area contributed by atoms with Crippen LogP contribution in [0.2, 0.25) is 0 Å². The lowest BCUT2D eigenvalue weighted by molar-refractivity contribution is -0.125. The van der Waals surface area contributed by atoms with E-state index in [0.717, 1.165) is 24.9 Å². The van der Waals surface area contributed by atoms with Crippen LogP contribution in [0.5, 0.6) is 5.75 Å². The number of hydrogen-bond donors (Lipinski definition) is 2. The van der Waals surface area contributed by atoms with E-state index in [4.69, 9.17) is 0 Å². The number of benzene rings is 1. The minimum Gasteiger partial charge on any atom is -0.506 e. The predicted octanol–water partition coefficient (Wildman–Crippen LogP) is 2.63. The maximum Gasteiger partial charge on any atom is 0.237 e. The van der Waals surface area contributed by atoms with Gasteiger partial charge in [0.25, 0.3) is 0 Å². The van der Waals surface area contributed by atoms with E-state index in [1.807, 2.05) is 12.1 Å². The maximum absolute atomic E-state index is 11.8. The van der Waals surface area contributed by atoms with Gasteiger partial charge in [0.15, 0.2) is 0 Å². The molecular weight excluding hydrogens is 376 g/mol. The normalized spacial score (nSPS) is 19.6. The first kappa shape index (κ1) is 14.8. The minimum absolute atomic E-state index is 0.0450. The molecule has 1 fully saturated rings. The predicted molar refractivity (Wildman–Crippen MR) is 81.0 cm³/mol. The highest BCUT2D eigenvalue weighted by molar-refractivity contribution is 9.11. The number of likely N-dealkylation sites (tertiary alicyclic amines) is 1. The van der Waals surface area contributed by atoms with E-state index < -0.39 is 0 Å². The molecule has 0 spiro atoms. The largest absolute Gasteiger partial charge is 0.506 e. The Morgan fingerprint density at radius 2 is 2.11 bits per heavy atom. The molecule has 0 aliphatic carbocycles. The summed E-state index contributed by atoms with van der Waals surface area (Å²) in [7, 11) is 1.67. The third kappa shape index (κ3) is 3.30. The standard InChI is InChI=1S/C13H16Br2N2O2/c1-16-13(19)11-3-2-4-17(11)7-8-5-9(14)12(18)10(15)6-8/h5-6,11,18H,2-4,7H2,1H3,(H,16,19). The van der Waals surface area contributed by atoms with Gasteiger partial charge in [-0.1, -0.05) is 0 Å². The Bertz CT molecular complexity index is 471. The average molecular weight is 392 g/mol. The zero-order valence-electron chi connectivity index (χ0n) is 10.6. The van der Waals surface area contributed by atoms with E-state index in [2.05, 4.69) is 42.1 Å². The van der Waals surface area contributed by atoms with Gasteiger partial charge in [0.2, 0.25) is 5.91 Å². The summed E-state index contributed by atoms with van der Waals surface area (Å²) < 4.78 is 1.32. The van der Waals surface area contributed by atoms with Crippen LogP contribution in [0.15, 0.2) is 21.1 Å². The summed E-state index contributed by atoms with van der Waals surface area (Å²) in [5.74, 6) is 0.280. The molecule has 1 aliphatic heterocycles. The lowest BCUT2D eigenvalue weighted by Crippen LogP contribution is -2.41. The molecule has 0 saturated carbocycles. The molecule has 6 heteroatoms. The summed E-state index contributed by atoms with van der Waals surface area (Å²) in [5.41, 5.74) is 1.06. The molecule has 2 rings (SSSR count). The summed E-state index contributed by atoms with van der Waals surface area (Å²) in [5, 5.41) is 12.4. The smallest absolute Gasteiger partial charge is 0.237 e. The Morgan fingerprint density at radius 1 is 1.47 bits per heavy atom. The molecule has 1 aromatic rings. The van der Waals surface area contributed by atoms with Crippen LogP contribution in [0.1, 0.15) is 18.4 Å². The van der Waals surface area contributed by atoms with Crippen molar-refractivity contribution in [3.05, 3.63) is 26.6 Å². The van der Waals surface area contributed by atoms with Crippen LogP contribution in [0.3, 0.4) is 0 Å². The van der Waals surface area contributed by atoms with Crippen molar-refractivity contribution in [3.63, 3.8) is 0 Å². The Kier molecular flexibility index (Phi) is 4.86. The lowest BCUT2D eigenvalue weighted by atomic mass is 10.1. The second-order valence-electron chi connectivity index (χ2n) is 4.65. The molecule has 1 aromatic carbocycles. The summed E-state index contributed by atoms with van der Waals surface area (Å²) in [6.07, 6.45) is 1.94. The molecule has 19 heavy (non-hydrogen) atoms. The van der Waals surface area contributed by atoms with Crippen molar-refractivity contribution >= 4 is 37.8 Å². The SMILES string of the molecule is CNC(=O)C1CCCN1Cc1cc(Br)c(O)c(Br)c1. The van der Waals surface area contributed by atoms with Gasteiger partial charge in [-0.25, -0.2) is 0 Å². The van der Waals surface area contributed by atoms with Crippen molar-refractivity contribution in [1.29, 1.82) is 0 Å². The molecular formula is C13H16Br2N2O2. The third-order valence-electron chi connectivity index (χ3n) is 3.38. The quantitative estimate of drug-likeness (QED) is 0.832. The highest BCUT2D eigenvalue weighted by atomic mass is 79.9. The zero-order valence-corrected chi connectivity index (χ0v) is 13.8. The van der Waals surface area contributed by atoms with Gasteiger partial charge in [0, 0.05) is 13.6 Å². The number of nitrogens with one attached hydrogen (secondary N) is 1. The molecule has 1 unspecified atom stereocenters. The number of amides is 1. The van der Waals surface area contributed by atoms with Crippen LogP contribution in [0.4, 0.5) is 0 Å². The van der Waals surface area contributed by atoms with Crippen LogP contribution in [0, 0.1) is 0 Å². The van der Waals surface area contributed by atoms with Gasteiger partial charge in [-0.05, 0) is 68.9 Å². The number of phenolic OH excluding ortho intramolecular Hbond substituents is 1. The molecule has 4 nitrogen and oxygen atoms in total. The van der Waals surface area contributed by atoms with Crippen LogP contribution in [-0.4, -0.2) is 35.5 Å². The fraction of sp³-hybridized carbons (Fsp3) is 0.462. The van der Waals surface area contributed by atoms with Gasteiger partial charge in [-0.3, -0.25) is 9.69 Å². The van der Waals surface area contributed by atoms with Gasteiger partial charge >= 0.3 is 0 Å². The highest BCUT2D eigenvalue weighted by Gasteiger charge is 2.29. The van der Waals surface area contributed by atoms with E-state index in [-0.39, 0.29) is 17.7 Å². The van der Waals surface area contributed by atoms with E-state index in [9.17, 15) is 9.90 Å². The second-order valence-corrected chi connectivity index (χ2v) is 6.36. The Hall–Kier alpha value is -0.590. The highest BCUT2D eigenvalue weighted by Crippen LogP contribution is 2.34. The molecule has 1 atom stereocenters. The number of carbonyl (C=O) groups is 1. The van der Waals surface area contributed by atoms with Crippen molar-refractivity contribution < 1.29 is 9.90 Å². The molecule has 0 aromatic heterocycles. The van der Waals surface area contributed by atoms with E-state index in [1.54, 1.807) is 7.05 Å². The van der Waals surface area contributed by atoms with E-state index >= 15 is 0 Å². The zero-order chi connectivity index (χ0) is 14.0. The molecule has 0 bridgehead atoms. The monoisotopic (exact) mass is 390 g/mol. The lowest BCUT2D eigenvalue weighted by Gasteiger charge is -2.23. The number of carbonyl (C=O) groups excluding carboxylic acids is 1. The first-order chi connectivity index (χ1) is 9.02. The molecule has 104 valence electrons. The van der Waals surface area contributed by atoms with Crippen molar-refractivity contribution in [3.8, 4) is 5.75 Å². The van der Waals surface area contributed by atoms with Crippen LogP contribution in [-0.2, 0) is 11.3 Å². The summed E-state index contributed by atoms with van der Waals surface area (Å²) >= 11 is 6.65. The van der Waals surface area contributed by atoms with Gasteiger partial charge in [0.1, 0.15) is 5.75 Å². The molecule has 1 aliphatic rings. The van der Waals surface area contributed by atoms with Crippen LogP contribution >= 0.6 is 31.9 Å². The second kappa shape index (κ2) is 6.24. The summed E-state index contributed by atoms with van der Waals surface area (Å²) in [6.45, 7) is 1.63. The van der Waals surface area contributed by atoms with Crippen molar-refractivity contribution in [2.24, 2.45) is 0 Å². The average Bonchev–Trinajstić information content (AvgIpc) is 2.83. The number of aromatic hydroxyl groups is 1. The summed E-state index contributed by atoms with van der Waals surface area (Å²) in [6, 6.07) is 3.73. The molecule has 1 heterocycles. The summed E-state index contributed by atoms with van der Waals surface area (Å²) in [4.78, 5) is 14.0. The molecule has 1 amide bonds. The van der Waals surface area contributed by atoms with Crippen molar-refractivity contribution in [1.82, 2.24) is 10.2 Å². The molecule has 1 saturated heterocycles. The Morgan fingerprint density at radius 3 is 2.68 bits per heavy atom. The van der Waals surface area contributed by atoms with Gasteiger partial charge in [-0.2, -0.15) is 0 Å². The Labute approximate surface area is 129 Å². The van der Waals surface area contributed by atoms with Crippen LogP contribution < -0.4 is 5.32 Å². The number of phenols is 1. The minimum atomic E-state index is -0.0450. The number of halogens is 2. The van der Waals surface area contributed by atoms with E-state index in [0.29, 0.717) is 15.5 Å². The Balaban J connectivity index is 2.14. The fourth-order valence-corrected chi connectivity index (χ4v) is 3.70. The van der Waals surface area contributed by atoms with Crippen molar-refractivity contribution in [2.45, 2.75) is 25.4 Å². The first-order valence-corrected chi connectivity index (χ1v) is 7.74. The first-order valence-electron chi connectivity index (χ1n) is 6.15. The third-order valence-corrected chi connectivity index (χ3v) is 4.58. The maximum atomic E-state index is 11.8. The fourth-order valence-electron chi connectivity index (χ4n) is 2.42. The molecule has 2 N–H and O–H groups in total. The number of rotatable bonds is 3. The number of likely N-dealkylation sites (N-methyl/N-ethyl adjacent to an activating group) is 1. The topological polar surface area (TPSA) is 52.6 Å². The molecule has 0 radical (unpaired) electrons.